The Morgan fingerprint density at radius 2 is 2.09 bits per heavy atom. The van der Waals surface area contributed by atoms with Crippen LogP contribution >= 0.6 is 12.4 Å². The van der Waals surface area contributed by atoms with Gasteiger partial charge < -0.3 is 25.6 Å². The smallest absolute Gasteiger partial charge is 0.249 e. The van der Waals surface area contributed by atoms with Gasteiger partial charge in [0.2, 0.25) is 5.91 Å². The largest absolute Gasteiger partial charge is 0.491 e. The second-order valence-electron chi connectivity index (χ2n) is 4.99. The Morgan fingerprint density at radius 1 is 1.36 bits per heavy atom. The zero-order chi connectivity index (χ0) is 15.1. The molecule has 2 rings (SSSR count). The van der Waals surface area contributed by atoms with E-state index in [4.69, 9.17) is 20.3 Å². The second-order valence-corrected chi connectivity index (χ2v) is 4.99. The molecule has 0 aliphatic carbocycles. The third-order valence-corrected chi connectivity index (χ3v) is 3.41. The molecule has 0 spiro atoms. The van der Waals surface area contributed by atoms with E-state index in [9.17, 15) is 4.79 Å². The van der Waals surface area contributed by atoms with Crippen LogP contribution in [0.15, 0.2) is 24.3 Å². The molecule has 2 atom stereocenters. The summed E-state index contributed by atoms with van der Waals surface area (Å²) in [6, 6.07) is 7.39. The van der Waals surface area contributed by atoms with Crippen LogP contribution in [0.2, 0.25) is 0 Å². The first-order chi connectivity index (χ1) is 10.2. The molecule has 1 amide bonds. The number of nitrogens with two attached hydrogens (primary N) is 1. The fraction of sp³-hybridized carbons (Fsp3) is 0.533. The lowest BCUT2D eigenvalue weighted by molar-refractivity contribution is -0.132. The lowest BCUT2D eigenvalue weighted by Crippen LogP contribution is -2.35. The van der Waals surface area contributed by atoms with Crippen molar-refractivity contribution in [3.8, 4) is 5.75 Å². The molecule has 0 radical (unpaired) electrons. The molecule has 1 aromatic carbocycles. The van der Waals surface area contributed by atoms with Gasteiger partial charge in [0, 0.05) is 13.1 Å². The van der Waals surface area contributed by atoms with Crippen molar-refractivity contribution in [1.29, 1.82) is 0 Å². The Bertz CT molecular complexity index is 455. The van der Waals surface area contributed by atoms with Crippen LogP contribution in [-0.2, 0) is 16.1 Å². The van der Waals surface area contributed by atoms with Crippen LogP contribution in [0, 0.1) is 0 Å². The highest BCUT2D eigenvalue weighted by molar-refractivity contribution is 5.85. The van der Waals surface area contributed by atoms with Crippen LogP contribution in [-0.4, -0.2) is 43.0 Å². The van der Waals surface area contributed by atoms with E-state index in [1.807, 2.05) is 24.3 Å². The summed E-state index contributed by atoms with van der Waals surface area (Å²) in [6.45, 7) is 1.17. The minimum absolute atomic E-state index is 0. The summed E-state index contributed by atoms with van der Waals surface area (Å²) >= 11 is 0. The number of hydrogen-bond acceptors (Lipinski definition) is 5. The minimum Gasteiger partial charge on any atom is -0.491 e. The summed E-state index contributed by atoms with van der Waals surface area (Å²) in [4.78, 5) is 12.0. The van der Waals surface area contributed by atoms with Crippen LogP contribution < -0.4 is 15.8 Å². The molecule has 1 aromatic rings. The van der Waals surface area contributed by atoms with Gasteiger partial charge in [0.1, 0.15) is 18.5 Å². The molecule has 1 aliphatic rings. The number of carbonyl (C=O) groups excluding carboxylic acids is 1. The van der Waals surface area contributed by atoms with Crippen LogP contribution in [0.3, 0.4) is 0 Å². The van der Waals surface area contributed by atoms with Gasteiger partial charge in [0.25, 0.3) is 0 Å². The van der Waals surface area contributed by atoms with E-state index in [0.29, 0.717) is 18.8 Å². The number of rotatable bonds is 7. The zero-order valence-corrected chi connectivity index (χ0v) is 13.2. The van der Waals surface area contributed by atoms with Crippen molar-refractivity contribution in [2.45, 2.75) is 31.6 Å². The van der Waals surface area contributed by atoms with Gasteiger partial charge in [-0.25, -0.2) is 0 Å². The Kier molecular flexibility index (Phi) is 8.19. The lowest BCUT2D eigenvalue weighted by Gasteiger charge is -2.13. The van der Waals surface area contributed by atoms with E-state index in [-0.39, 0.29) is 43.7 Å². The van der Waals surface area contributed by atoms with Crippen molar-refractivity contribution in [2.24, 2.45) is 5.73 Å². The molecular formula is C15H23ClN2O4. The number of nitrogens with one attached hydrogen (secondary N) is 1. The Morgan fingerprint density at radius 3 is 2.68 bits per heavy atom. The van der Waals surface area contributed by atoms with Crippen molar-refractivity contribution in [1.82, 2.24) is 5.32 Å². The Balaban J connectivity index is 0.00000242. The summed E-state index contributed by atoms with van der Waals surface area (Å²) in [5.74, 6) is 0.607. The van der Waals surface area contributed by atoms with E-state index in [0.717, 1.165) is 18.4 Å². The number of aliphatic hydroxyl groups excluding tert-OH is 1. The van der Waals surface area contributed by atoms with E-state index < -0.39 is 0 Å². The van der Waals surface area contributed by atoms with Crippen molar-refractivity contribution in [3.63, 3.8) is 0 Å². The predicted molar refractivity (Wildman–Crippen MR) is 85.1 cm³/mol. The highest BCUT2D eigenvalue weighted by Gasteiger charge is 2.29. The fourth-order valence-corrected chi connectivity index (χ4v) is 2.24. The number of ether oxygens (including phenoxy) is 2. The maximum Gasteiger partial charge on any atom is 0.249 e. The zero-order valence-electron chi connectivity index (χ0n) is 12.4. The summed E-state index contributed by atoms with van der Waals surface area (Å²) in [5, 5.41) is 11.5. The highest BCUT2D eigenvalue weighted by atomic mass is 35.5. The topological polar surface area (TPSA) is 93.8 Å². The van der Waals surface area contributed by atoms with Crippen molar-refractivity contribution in [3.05, 3.63) is 29.8 Å². The van der Waals surface area contributed by atoms with Gasteiger partial charge in [0.05, 0.1) is 12.7 Å². The van der Waals surface area contributed by atoms with E-state index in [1.165, 1.54) is 0 Å². The summed E-state index contributed by atoms with van der Waals surface area (Å²) in [5.41, 5.74) is 6.51. The fourth-order valence-electron chi connectivity index (χ4n) is 2.24. The molecular weight excluding hydrogens is 308 g/mol. The first-order valence-corrected chi connectivity index (χ1v) is 7.18. The molecule has 0 aromatic heterocycles. The molecule has 1 aliphatic heterocycles. The van der Waals surface area contributed by atoms with E-state index in [1.54, 1.807) is 0 Å². The van der Waals surface area contributed by atoms with Crippen molar-refractivity contribution in [2.75, 3.05) is 19.8 Å². The predicted octanol–water partition coefficient (Wildman–Crippen LogP) is 0.602. The number of carbonyl (C=O) groups is 1. The molecule has 0 unspecified atom stereocenters. The van der Waals surface area contributed by atoms with Gasteiger partial charge in [-0.2, -0.15) is 0 Å². The van der Waals surface area contributed by atoms with Crippen molar-refractivity contribution < 1.29 is 19.4 Å². The molecule has 0 bridgehead atoms. The van der Waals surface area contributed by atoms with Gasteiger partial charge in [-0.05, 0) is 30.5 Å². The number of hydrogen-bond donors (Lipinski definition) is 3. The number of benzene rings is 1. The van der Waals surface area contributed by atoms with Gasteiger partial charge in [-0.1, -0.05) is 12.1 Å². The molecule has 22 heavy (non-hydrogen) atoms. The van der Waals surface area contributed by atoms with Crippen LogP contribution in [0.4, 0.5) is 0 Å². The summed E-state index contributed by atoms with van der Waals surface area (Å²) < 4.78 is 10.8. The van der Waals surface area contributed by atoms with Crippen LogP contribution in [0.5, 0.6) is 5.75 Å². The van der Waals surface area contributed by atoms with Gasteiger partial charge in [-0.15, -0.1) is 12.4 Å². The minimum atomic E-state index is -0.384. The molecule has 1 saturated heterocycles. The number of halogens is 1. The standard InChI is InChI=1S/C15H22N2O4.ClH/c16-9-13-5-6-14(21-13)15(19)17-10-11-1-3-12(4-2-11)20-8-7-18;/h1-4,13-14,18H,5-10,16H2,(H,17,19);1H/t13-,14+;/m1./s1. The SMILES string of the molecule is Cl.NC[C@H]1CC[C@@H](C(=O)NCc2ccc(OCCO)cc2)O1. The highest BCUT2D eigenvalue weighted by Crippen LogP contribution is 2.19. The Labute approximate surface area is 136 Å². The normalized spacial score (nSPS) is 20.3. The van der Waals surface area contributed by atoms with Crippen LogP contribution in [0.1, 0.15) is 18.4 Å². The summed E-state index contributed by atoms with van der Waals surface area (Å²) in [6.07, 6.45) is 1.18. The quantitative estimate of drug-likeness (QED) is 0.681. The van der Waals surface area contributed by atoms with Gasteiger partial charge >= 0.3 is 0 Å². The molecule has 6 nitrogen and oxygen atoms in total. The van der Waals surface area contributed by atoms with E-state index in [2.05, 4.69) is 5.32 Å². The number of aliphatic hydroxyl groups is 1. The molecule has 124 valence electrons. The summed E-state index contributed by atoms with van der Waals surface area (Å²) in [7, 11) is 0. The third kappa shape index (κ3) is 5.46. The molecule has 0 saturated carbocycles. The molecule has 1 heterocycles. The maximum atomic E-state index is 12.0. The monoisotopic (exact) mass is 330 g/mol. The second kappa shape index (κ2) is 9.63. The average Bonchev–Trinajstić information content (AvgIpc) is 3.00. The first-order valence-electron chi connectivity index (χ1n) is 7.18. The lowest BCUT2D eigenvalue weighted by atomic mass is 10.1. The Hall–Kier alpha value is -1.34. The van der Waals surface area contributed by atoms with Gasteiger partial charge in [-0.3, -0.25) is 4.79 Å². The molecule has 1 fully saturated rings. The van der Waals surface area contributed by atoms with Crippen LogP contribution in [0.25, 0.3) is 0 Å². The van der Waals surface area contributed by atoms with E-state index >= 15 is 0 Å². The maximum absolute atomic E-state index is 12.0. The van der Waals surface area contributed by atoms with Crippen molar-refractivity contribution >= 4 is 18.3 Å². The number of amides is 1. The molecule has 4 N–H and O–H groups in total. The average molecular weight is 331 g/mol. The van der Waals surface area contributed by atoms with Gasteiger partial charge in [0.15, 0.2) is 0 Å². The first kappa shape index (κ1) is 18.7. The molecule has 7 heteroatoms. The third-order valence-electron chi connectivity index (χ3n) is 3.41.